The molecule has 0 aliphatic heterocycles. The molecule has 0 unspecified atom stereocenters. The number of halogens is 2. The average molecular weight is 306 g/mol. The first-order valence-electron chi connectivity index (χ1n) is 6.90. The molecular weight excluding hydrogens is 289 g/mol. The van der Waals surface area contributed by atoms with Gasteiger partial charge in [0.2, 0.25) is 0 Å². The van der Waals surface area contributed by atoms with E-state index in [2.05, 4.69) is 36.5 Å². The van der Waals surface area contributed by atoms with Crippen molar-refractivity contribution in [1.82, 2.24) is 0 Å². The van der Waals surface area contributed by atoms with Crippen LogP contribution in [0, 0.1) is 6.92 Å². The minimum Gasteiger partial charge on any atom is -0.381 e. The van der Waals surface area contributed by atoms with E-state index in [0.717, 1.165) is 23.6 Å². The third-order valence-corrected chi connectivity index (χ3v) is 4.54. The summed E-state index contributed by atoms with van der Waals surface area (Å²) in [5.74, 6) is 0.658. The number of benzene rings is 2. The van der Waals surface area contributed by atoms with Crippen LogP contribution in [0.15, 0.2) is 42.5 Å². The second kappa shape index (κ2) is 5.67. The van der Waals surface area contributed by atoms with Crippen LogP contribution in [0.3, 0.4) is 0 Å². The standard InChI is InChI=1S/C17H17Cl2N/c1-11-2-4-12(5-3-11)13-8-15(9-13)20-17-10-14(18)6-7-16(17)19/h2-7,10,13,15,20H,8-9H2,1H3. The van der Waals surface area contributed by atoms with Gasteiger partial charge in [0.15, 0.2) is 0 Å². The Morgan fingerprint density at radius 2 is 1.70 bits per heavy atom. The highest BCUT2D eigenvalue weighted by Crippen LogP contribution is 2.39. The summed E-state index contributed by atoms with van der Waals surface area (Å²) in [7, 11) is 0. The summed E-state index contributed by atoms with van der Waals surface area (Å²) in [4.78, 5) is 0. The lowest BCUT2D eigenvalue weighted by Crippen LogP contribution is -2.34. The summed E-state index contributed by atoms with van der Waals surface area (Å²) in [6, 6.07) is 14.9. The zero-order chi connectivity index (χ0) is 14.1. The molecule has 0 aromatic heterocycles. The molecular formula is C17H17Cl2N. The monoisotopic (exact) mass is 305 g/mol. The number of hydrogen-bond acceptors (Lipinski definition) is 1. The first kappa shape index (κ1) is 13.8. The molecule has 0 amide bonds. The van der Waals surface area contributed by atoms with E-state index >= 15 is 0 Å². The Hall–Kier alpha value is -1.18. The van der Waals surface area contributed by atoms with Gasteiger partial charge in [-0.3, -0.25) is 0 Å². The maximum atomic E-state index is 6.17. The van der Waals surface area contributed by atoms with Gasteiger partial charge in [-0.1, -0.05) is 53.0 Å². The average Bonchev–Trinajstić information content (AvgIpc) is 2.39. The molecule has 3 rings (SSSR count). The van der Waals surface area contributed by atoms with E-state index in [1.807, 2.05) is 18.2 Å². The molecule has 0 heterocycles. The van der Waals surface area contributed by atoms with Crippen molar-refractivity contribution in [2.75, 3.05) is 5.32 Å². The minimum absolute atomic E-state index is 0.484. The molecule has 0 saturated heterocycles. The van der Waals surface area contributed by atoms with Crippen molar-refractivity contribution in [3.63, 3.8) is 0 Å². The maximum Gasteiger partial charge on any atom is 0.0638 e. The van der Waals surface area contributed by atoms with Gasteiger partial charge in [0.25, 0.3) is 0 Å². The number of aryl methyl sites for hydroxylation is 1. The summed E-state index contributed by atoms with van der Waals surface area (Å²) in [5, 5.41) is 4.93. The lowest BCUT2D eigenvalue weighted by molar-refractivity contribution is 0.374. The molecule has 2 aromatic carbocycles. The lowest BCUT2D eigenvalue weighted by Gasteiger charge is -2.37. The molecule has 3 heteroatoms. The Balaban J connectivity index is 1.60. The predicted octanol–water partition coefficient (Wildman–Crippen LogP) is 5.66. The quantitative estimate of drug-likeness (QED) is 0.771. The summed E-state index contributed by atoms with van der Waals surface area (Å²) in [6.45, 7) is 2.12. The van der Waals surface area contributed by atoms with Crippen molar-refractivity contribution in [1.29, 1.82) is 0 Å². The van der Waals surface area contributed by atoms with Crippen LogP contribution < -0.4 is 5.32 Å². The molecule has 0 radical (unpaired) electrons. The van der Waals surface area contributed by atoms with E-state index < -0.39 is 0 Å². The largest absolute Gasteiger partial charge is 0.381 e. The summed E-state index contributed by atoms with van der Waals surface area (Å²) < 4.78 is 0. The summed E-state index contributed by atoms with van der Waals surface area (Å²) in [6.07, 6.45) is 2.29. The van der Waals surface area contributed by atoms with Crippen LogP contribution in [0.5, 0.6) is 0 Å². The number of anilines is 1. The third-order valence-electron chi connectivity index (χ3n) is 3.97. The smallest absolute Gasteiger partial charge is 0.0638 e. The summed E-state index contributed by atoms with van der Waals surface area (Å²) >= 11 is 12.2. The van der Waals surface area contributed by atoms with E-state index in [0.29, 0.717) is 17.0 Å². The maximum absolute atomic E-state index is 6.17. The van der Waals surface area contributed by atoms with Crippen molar-refractivity contribution in [2.45, 2.75) is 31.7 Å². The molecule has 2 aromatic rings. The Kier molecular flexibility index (Phi) is 3.91. The molecule has 1 aliphatic carbocycles. The molecule has 20 heavy (non-hydrogen) atoms. The van der Waals surface area contributed by atoms with Crippen LogP contribution >= 0.6 is 23.2 Å². The van der Waals surface area contributed by atoms with Gasteiger partial charge >= 0.3 is 0 Å². The molecule has 1 aliphatic rings. The second-order valence-corrected chi connectivity index (χ2v) is 6.39. The third kappa shape index (κ3) is 2.94. The Labute approximate surface area is 129 Å². The normalized spacial score (nSPS) is 21.4. The van der Waals surface area contributed by atoms with Crippen LogP contribution in [0.25, 0.3) is 0 Å². The van der Waals surface area contributed by atoms with Crippen molar-refractivity contribution >= 4 is 28.9 Å². The van der Waals surface area contributed by atoms with E-state index in [9.17, 15) is 0 Å². The fraction of sp³-hybridized carbons (Fsp3) is 0.294. The van der Waals surface area contributed by atoms with Gasteiger partial charge in [-0.25, -0.2) is 0 Å². The van der Waals surface area contributed by atoms with Gasteiger partial charge in [-0.15, -0.1) is 0 Å². The fourth-order valence-electron chi connectivity index (χ4n) is 2.67. The minimum atomic E-state index is 0.484. The second-order valence-electron chi connectivity index (χ2n) is 5.54. The zero-order valence-electron chi connectivity index (χ0n) is 11.4. The number of hydrogen-bond donors (Lipinski definition) is 1. The van der Waals surface area contributed by atoms with E-state index in [1.165, 1.54) is 11.1 Å². The van der Waals surface area contributed by atoms with E-state index in [1.54, 1.807) is 0 Å². The van der Waals surface area contributed by atoms with Gasteiger partial charge in [-0.2, -0.15) is 0 Å². The number of nitrogens with one attached hydrogen (secondary N) is 1. The van der Waals surface area contributed by atoms with Crippen LogP contribution in [0.4, 0.5) is 5.69 Å². The molecule has 0 bridgehead atoms. The van der Waals surface area contributed by atoms with Gasteiger partial charge in [0.1, 0.15) is 0 Å². The van der Waals surface area contributed by atoms with Crippen LogP contribution in [-0.2, 0) is 0 Å². The Bertz CT molecular complexity index is 601. The van der Waals surface area contributed by atoms with Crippen LogP contribution in [-0.4, -0.2) is 6.04 Å². The Morgan fingerprint density at radius 1 is 1.00 bits per heavy atom. The summed E-state index contributed by atoms with van der Waals surface area (Å²) in [5.41, 5.74) is 3.69. The molecule has 0 spiro atoms. The van der Waals surface area contributed by atoms with Crippen molar-refractivity contribution in [3.8, 4) is 0 Å². The van der Waals surface area contributed by atoms with E-state index in [-0.39, 0.29) is 0 Å². The van der Waals surface area contributed by atoms with Crippen molar-refractivity contribution < 1.29 is 0 Å². The topological polar surface area (TPSA) is 12.0 Å². The molecule has 104 valence electrons. The highest BCUT2D eigenvalue weighted by molar-refractivity contribution is 6.35. The van der Waals surface area contributed by atoms with Crippen molar-refractivity contribution in [3.05, 3.63) is 63.6 Å². The van der Waals surface area contributed by atoms with Gasteiger partial charge in [-0.05, 0) is 49.4 Å². The Morgan fingerprint density at radius 3 is 2.40 bits per heavy atom. The first-order chi connectivity index (χ1) is 9.61. The number of rotatable bonds is 3. The molecule has 1 saturated carbocycles. The SMILES string of the molecule is Cc1ccc(C2CC(Nc3cc(Cl)ccc3Cl)C2)cc1. The van der Waals surface area contributed by atoms with Crippen LogP contribution in [0.2, 0.25) is 10.0 Å². The predicted molar refractivity (Wildman–Crippen MR) is 87.0 cm³/mol. The van der Waals surface area contributed by atoms with Crippen molar-refractivity contribution in [2.24, 2.45) is 0 Å². The highest BCUT2D eigenvalue weighted by Gasteiger charge is 2.30. The highest BCUT2D eigenvalue weighted by atomic mass is 35.5. The zero-order valence-corrected chi connectivity index (χ0v) is 12.9. The fourth-order valence-corrected chi connectivity index (χ4v) is 3.02. The van der Waals surface area contributed by atoms with Gasteiger partial charge < -0.3 is 5.32 Å². The molecule has 1 nitrogen and oxygen atoms in total. The lowest BCUT2D eigenvalue weighted by atomic mass is 9.75. The van der Waals surface area contributed by atoms with Gasteiger partial charge in [0, 0.05) is 11.1 Å². The van der Waals surface area contributed by atoms with Crippen LogP contribution in [0.1, 0.15) is 29.9 Å². The first-order valence-corrected chi connectivity index (χ1v) is 7.65. The molecule has 1 N–H and O–H groups in total. The van der Waals surface area contributed by atoms with E-state index in [4.69, 9.17) is 23.2 Å². The molecule has 1 fully saturated rings. The van der Waals surface area contributed by atoms with Gasteiger partial charge in [0.05, 0.1) is 10.7 Å². The molecule has 0 atom stereocenters.